The second-order valence-electron chi connectivity index (χ2n) is 13.2. The fraction of sp³-hybridized carbons (Fsp3) is 0.395. The number of amides is 1. The zero-order valence-corrected chi connectivity index (χ0v) is 28.3. The number of aromatic nitrogens is 1. The third-order valence-electron chi connectivity index (χ3n) is 10.2. The summed E-state index contributed by atoms with van der Waals surface area (Å²) in [5.41, 5.74) is 6.97. The van der Waals surface area contributed by atoms with Crippen molar-refractivity contribution in [2.45, 2.75) is 59.3 Å². The van der Waals surface area contributed by atoms with E-state index in [2.05, 4.69) is 36.9 Å². The average Bonchev–Trinajstić information content (AvgIpc) is 3.30. The van der Waals surface area contributed by atoms with Gasteiger partial charge in [-0.3, -0.25) is 4.79 Å². The van der Waals surface area contributed by atoms with Crippen molar-refractivity contribution >= 4 is 46.3 Å². The quantitative estimate of drug-likeness (QED) is 0.194. The van der Waals surface area contributed by atoms with Crippen LogP contribution in [0.2, 0.25) is 5.02 Å². The highest BCUT2D eigenvalue weighted by molar-refractivity contribution is 7.18. The first-order valence-electron chi connectivity index (χ1n) is 16.5. The largest absolute Gasteiger partial charge is 0.462 e. The molecule has 1 aliphatic carbocycles. The number of thiophene rings is 1. The SMILES string of the molecule is CCOC(=O)c1sc2c(c1Cl)CCN(C(=O)c1ccc(-c3cc(C)cnc3N3CC4(CCC(CC)CC4)C3)cc1)c1ccccc1-2. The minimum atomic E-state index is -0.407. The van der Waals surface area contributed by atoms with Crippen molar-refractivity contribution in [2.24, 2.45) is 11.3 Å². The van der Waals surface area contributed by atoms with Gasteiger partial charge >= 0.3 is 5.97 Å². The number of pyridine rings is 1. The van der Waals surface area contributed by atoms with Crippen molar-refractivity contribution in [3.63, 3.8) is 0 Å². The van der Waals surface area contributed by atoms with Crippen LogP contribution in [0.4, 0.5) is 11.5 Å². The lowest BCUT2D eigenvalue weighted by Gasteiger charge is -2.54. The predicted molar refractivity (Wildman–Crippen MR) is 187 cm³/mol. The molecule has 8 heteroatoms. The van der Waals surface area contributed by atoms with E-state index in [4.69, 9.17) is 21.3 Å². The minimum Gasteiger partial charge on any atom is -0.462 e. The highest BCUT2D eigenvalue weighted by Crippen LogP contribution is 2.49. The molecule has 0 unspecified atom stereocenters. The molecular formula is C38H40ClN3O3S. The number of carbonyl (C=O) groups excluding carboxylic acids is 2. The fourth-order valence-corrected chi connectivity index (χ4v) is 9.18. The van der Waals surface area contributed by atoms with Crippen LogP contribution in [0.25, 0.3) is 21.6 Å². The first-order valence-corrected chi connectivity index (χ1v) is 17.7. The fourth-order valence-electron chi connectivity index (χ4n) is 7.57. The van der Waals surface area contributed by atoms with Gasteiger partial charge < -0.3 is 14.5 Å². The minimum absolute atomic E-state index is 0.0640. The lowest BCUT2D eigenvalue weighted by atomic mass is 9.65. The number of rotatable bonds is 6. The molecule has 6 nitrogen and oxygen atoms in total. The van der Waals surface area contributed by atoms with Gasteiger partial charge in [-0.1, -0.05) is 55.3 Å². The van der Waals surface area contributed by atoms with Gasteiger partial charge in [0.15, 0.2) is 0 Å². The summed E-state index contributed by atoms with van der Waals surface area (Å²) in [5.74, 6) is 1.47. The molecule has 0 N–H and O–H groups in total. The van der Waals surface area contributed by atoms with Gasteiger partial charge in [-0.05, 0) is 92.8 Å². The summed E-state index contributed by atoms with van der Waals surface area (Å²) in [6, 6.07) is 18.0. The van der Waals surface area contributed by atoms with Crippen LogP contribution < -0.4 is 9.80 Å². The van der Waals surface area contributed by atoms with Gasteiger partial charge in [-0.25, -0.2) is 9.78 Å². The van der Waals surface area contributed by atoms with E-state index >= 15 is 0 Å². The van der Waals surface area contributed by atoms with Crippen LogP contribution in [0.3, 0.4) is 0 Å². The molecule has 4 aromatic rings. The molecule has 3 aliphatic rings. The molecule has 7 rings (SSSR count). The van der Waals surface area contributed by atoms with Crippen LogP contribution in [0.5, 0.6) is 0 Å². The maximum absolute atomic E-state index is 14.1. The van der Waals surface area contributed by atoms with Crippen LogP contribution in [-0.2, 0) is 11.2 Å². The van der Waals surface area contributed by atoms with Crippen LogP contribution in [0, 0.1) is 18.3 Å². The molecule has 238 valence electrons. The summed E-state index contributed by atoms with van der Waals surface area (Å²) in [6.45, 7) is 9.08. The monoisotopic (exact) mass is 653 g/mol. The molecule has 2 aromatic heterocycles. The molecule has 1 saturated heterocycles. The van der Waals surface area contributed by atoms with Gasteiger partial charge in [-0.2, -0.15) is 0 Å². The number of ether oxygens (including phenoxy) is 1. The number of halogens is 1. The summed E-state index contributed by atoms with van der Waals surface area (Å²) in [4.78, 5) is 37.2. The number of anilines is 2. The van der Waals surface area contributed by atoms with Crippen molar-refractivity contribution < 1.29 is 14.3 Å². The number of carbonyl (C=O) groups is 2. The zero-order chi connectivity index (χ0) is 32.0. The highest BCUT2D eigenvalue weighted by Gasteiger charge is 2.45. The summed E-state index contributed by atoms with van der Waals surface area (Å²) >= 11 is 8.08. The molecule has 2 aliphatic heterocycles. The van der Waals surface area contributed by atoms with Crippen molar-refractivity contribution in [1.29, 1.82) is 0 Å². The van der Waals surface area contributed by atoms with Gasteiger partial charge in [0.1, 0.15) is 10.7 Å². The Labute approximate surface area is 280 Å². The maximum Gasteiger partial charge on any atom is 0.349 e. The summed E-state index contributed by atoms with van der Waals surface area (Å²) in [7, 11) is 0. The summed E-state index contributed by atoms with van der Waals surface area (Å²) < 4.78 is 5.25. The van der Waals surface area contributed by atoms with Gasteiger partial charge in [-0.15, -0.1) is 11.3 Å². The highest BCUT2D eigenvalue weighted by atomic mass is 35.5. The average molecular weight is 654 g/mol. The Hall–Kier alpha value is -3.68. The lowest BCUT2D eigenvalue weighted by Crippen LogP contribution is -2.58. The van der Waals surface area contributed by atoms with E-state index in [1.807, 2.05) is 47.5 Å². The molecule has 46 heavy (non-hydrogen) atoms. The first-order chi connectivity index (χ1) is 22.3. The second kappa shape index (κ2) is 12.5. The molecule has 2 aromatic carbocycles. The maximum atomic E-state index is 14.1. The second-order valence-corrected chi connectivity index (χ2v) is 14.6. The molecule has 0 bridgehead atoms. The molecular weight excluding hydrogens is 614 g/mol. The van der Waals surface area contributed by atoms with Crippen LogP contribution in [-0.4, -0.2) is 43.1 Å². The number of fused-ring (bicyclic) bond motifs is 3. The Balaban J connectivity index is 1.13. The normalized spacial score (nSPS) is 17.2. The van der Waals surface area contributed by atoms with Crippen molar-refractivity contribution in [3.8, 4) is 21.6 Å². The molecule has 0 radical (unpaired) electrons. The molecule has 4 heterocycles. The zero-order valence-electron chi connectivity index (χ0n) is 26.8. The molecule has 1 saturated carbocycles. The standard InChI is InChI=1S/C38H40ClN3O3S/c1-4-25-14-17-38(18-15-25)22-41(23-38)35-30(20-24(3)21-40-35)26-10-12-27(13-11-26)36(43)42-19-16-29-32(39)34(37(44)45-5-2)46-33(29)28-8-6-7-9-31(28)42/h6-13,20-21,25H,4-5,14-19,22-23H2,1-3H3. The molecule has 1 spiro atoms. The van der Waals surface area contributed by atoms with E-state index < -0.39 is 5.97 Å². The Bertz CT molecular complexity index is 1780. The molecule has 1 amide bonds. The lowest BCUT2D eigenvalue weighted by molar-refractivity contribution is 0.0532. The van der Waals surface area contributed by atoms with Gasteiger partial charge in [0.25, 0.3) is 5.91 Å². The number of hydrogen-bond donors (Lipinski definition) is 0. The number of esters is 1. The number of benzene rings is 2. The first kappa shape index (κ1) is 30.9. The van der Waals surface area contributed by atoms with Crippen LogP contribution in [0.1, 0.15) is 77.1 Å². The Morgan fingerprint density at radius 3 is 2.50 bits per heavy atom. The van der Waals surface area contributed by atoms with Crippen LogP contribution >= 0.6 is 22.9 Å². The summed E-state index contributed by atoms with van der Waals surface area (Å²) in [6.07, 6.45) is 9.16. The Morgan fingerprint density at radius 1 is 1.04 bits per heavy atom. The van der Waals surface area contributed by atoms with Gasteiger partial charge in [0.05, 0.1) is 17.3 Å². The van der Waals surface area contributed by atoms with E-state index in [0.29, 0.717) is 33.8 Å². The van der Waals surface area contributed by atoms with E-state index in [0.717, 1.165) is 63.2 Å². The van der Waals surface area contributed by atoms with E-state index in [9.17, 15) is 9.59 Å². The van der Waals surface area contributed by atoms with E-state index in [1.54, 1.807) is 6.92 Å². The third-order valence-corrected chi connectivity index (χ3v) is 12.0. The Kier molecular flexibility index (Phi) is 8.41. The predicted octanol–water partition coefficient (Wildman–Crippen LogP) is 9.23. The smallest absolute Gasteiger partial charge is 0.349 e. The molecule has 2 fully saturated rings. The summed E-state index contributed by atoms with van der Waals surface area (Å²) in [5, 5.41) is 0.427. The third kappa shape index (κ3) is 5.51. The van der Waals surface area contributed by atoms with Crippen molar-refractivity contribution in [2.75, 3.05) is 36.0 Å². The Morgan fingerprint density at radius 2 is 1.78 bits per heavy atom. The topological polar surface area (TPSA) is 62.7 Å². The number of nitrogens with zero attached hydrogens (tertiary/aromatic N) is 3. The number of aryl methyl sites for hydroxylation is 1. The molecule has 0 atom stereocenters. The number of para-hydroxylation sites is 1. The van der Waals surface area contributed by atoms with Gasteiger partial charge in [0, 0.05) is 52.8 Å². The van der Waals surface area contributed by atoms with Crippen LogP contribution in [0.15, 0.2) is 60.8 Å². The van der Waals surface area contributed by atoms with Crippen molar-refractivity contribution in [3.05, 3.63) is 87.4 Å². The number of hydrogen-bond acceptors (Lipinski definition) is 6. The van der Waals surface area contributed by atoms with E-state index in [-0.39, 0.29) is 12.5 Å². The van der Waals surface area contributed by atoms with E-state index in [1.165, 1.54) is 43.4 Å². The van der Waals surface area contributed by atoms with Crippen molar-refractivity contribution in [1.82, 2.24) is 4.98 Å². The van der Waals surface area contributed by atoms with Gasteiger partial charge in [0.2, 0.25) is 0 Å².